The molecule has 0 bridgehead atoms. The number of Topliss-reactive ketones (excluding diaryl/α,β-unsaturated/α-hetero) is 1. The van der Waals surface area contributed by atoms with Crippen molar-refractivity contribution in [2.75, 3.05) is 20.0 Å². The van der Waals surface area contributed by atoms with Crippen LogP contribution >= 0.6 is 27.7 Å². The van der Waals surface area contributed by atoms with E-state index in [9.17, 15) is 4.79 Å². The SMILES string of the molecule is COc1ccc([C@H](CC(=O)c2ccc(Br)cc2)Sc2ccccc2N)cc1OC. The lowest BCUT2D eigenvalue weighted by atomic mass is 10.0. The van der Waals surface area contributed by atoms with Gasteiger partial charge in [0.25, 0.3) is 0 Å². The van der Waals surface area contributed by atoms with Crippen LogP contribution in [-0.4, -0.2) is 20.0 Å². The minimum atomic E-state index is -0.129. The number of carbonyl (C=O) groups is 1. The van der Waals surface area contributed by atoms with Gasteiger partial charge < -0.3 is 15.2 Å². The molecule has 29 heavy (non-hydrogen) atoms. The first kappa shape index (κ1) is 21.3. The Morgan fingerprint density at radius 2 is 1.69 bits per heavy atom. The van der Waals surface area contributed by atoms with Gasteiger partial charge in [-0.3, -0.25) is 4.79 Å². The van der Waals surface area contributed by atoms with E-state index < -0.39 is 0 Å². The molecule has 1 atom stereocenters. The summed E-state index contributed by atoms with van der Waals surface area (Å²) in [5.74, 6) is 1.35. The summed E-state index contributed by atoms with van der Waals surface area (Å²) in [6.07, 6.45) is 0.329. The normalized spacial score (nSPS) is 11.7. The van der Waals surface area contributed by atoms with E-state index >= 15 is 0 Å². The molecule has 2 N–H and O–H groups in total. The largest absolute Gasteiger partial charge is 0.493 e. The topological polar surface area (TPSA) is 61.5 Å². The van der Waals surface area contributed by atoms with Crippen molar-refractivity contribution in [2.24, 2.45) is 0 Å². The molecule has 3 aromatic carbocycles. The van der Waals surface area contributed by atoms with Gasteiger partial charge in [-0.25, -0.2) is 0 Å². The van der Waals surface area contributed by atoms with Crippen LogP contribution in [0, 0.1) is 0 Å². The third kappa shape index (κ3) is 5.34. The third-order valence-electron chi connectivity index (χ3n) is 4.50. The van der Waals surface area contributed by atoms with Crippen LogP contribution in [0.5, 0.6) is 11.5 Å². The zero-order chi connectivity index (χ0) is 20.8. The van der Waals surface area contributed by atoms with Crippen molar-refractivity contribution in [3.63, 3.8) is 0 Å². The molecule has 0 aliphatic carbocycles. The highest BCUT2D eigenvalue weighted by Gasteiger charge is 2.21. The van der Waals surface area contributed by atoms with Crippen LogP contribution in [0.15, 0.2) is 76.1 Å². The summed E-state index contributed by atoms with van der Waals surface area (Å²) in [7, 11) is 3.21. The Labute approximate surface area is 183 Å². The zero-order valence-electron chi connectivity index (χ0n) is 16.2. The number of halogens is 1. The number of ketones is 1. The standard InChI is InChI=1S/C23H22BrNO3S/c1-27-20-12-9-16(13-21(20)28-2)23(29-22-6-4-3-5-18(22)25)14-19(26)15-7-10-17(24)11-8-15/h3-13,23H,14,25H2,1-2H3/t23-/m0/s1. The minimum absolute atomic E-state index is 0.0688. The molecular formula is C23H22BrNO3S. The highest BCUT2D eigenvalue weighted by atomic mass is 79.9. The molecule has 0 saturated heterocycles. The summed E-state index contributed by atoms with van der Waals surface area (Å²) >= 11 is 4.98. The Balaban J connectivity index is 1.94. The maximum Gasteiger partial charge on any atom is 0.164 e. The van der Waals surface area contributed by atoms with Gasteiger partial charge >= 0.3 is 0 Å². The van der Waals surface area contributed by atoms with Gasteiger partial charge in [-0.1, -0.05) is 46.3 Å². The second-order valence-corrected chi connectivity index (χ2v) is 8.55. The van der Waals surface area contributed by atoms with Crippen LogP contribution < -0.4 is 15.2 Å². The first-order chi connectivity index (χ1) is 14.0. The van der Waals surface area contributed by atoms with Crippen molar-refractivity contribution < 1.29 is 14.3 Å². The van der Waals surface area contributed by atoms with Crippen LogP contribution in [0.3, 0.4) is 0 Å². The maximum atomic E-state index is 13.0. The van der Waals surface area contributed by atoms with Gasteiger partial charge in [0.1, 0.15) is 0 Å². The van der Waals surface area contributed by atoms with Crippen LogP contribution in [0.2, 0.25) is 0 Å². The number of para-hydroxylation sites is 1. The predicted octanol–water partition coefficient (Wildman–Crippen LogP) is 6.15. The Morgan fingerprint density at radius 1 is 1.00 bits per heavy atom. The van der Waals surface area contributed by atoms with Gasteiger partial charge in [-0.2, -0.15) is 0 Å². The first-order valence-corrected chi connectivity index (χ1v) is 10.7. The van der Waals surface area contributed by atoms with Crippen LogP contribution in [0.25, 0.3) is 0 Å². The van der Waals surface area contributed by atoms with E-state index in [2.05, 4.69) is 15.9 Å². The molecule has 0 aromatic heterocycles. The van der Waals surface area contributed by atoms with Crippen molar-refractivity contribution >= 4 is 39.2 Å². The minimum Gasteiger partial charge on any atom is -0.493 e. The highest BCUT2D eigenvalue weighted by molar-refractivity contribution is 9.10. The Hall–Kier alpha value is -2.44. The van der Waals surface area contributed by atoms with Gasteiger partial charge in [0, 0.05) is 32.3 Å². The van der Waals surface area contributed by atoms with Crippen molar-refractivity contribution in [1.82, 2.24) is 0 Å². The smallest absolute Gasteiger partial charge is 0.164 e. The van der Waals surface area contributed by atoms with Gasteiger partial charge in [-0.15, -0.1) is 11.8 Å². The Kier molecular flexibility index (Phi) is 7.23. The number of methoxy groups -OCH3 is 2. The van der Waals surface area contributed by atoms with Gasteiger partial charge in [-0.05, 0) is 42.0 Å². The van der Waals surface area contributed by atoms with E-state index in [1.54, 1.807) is 26.0 Å². The molecule has 4 nitrogen and oxygen atoms in total. The lowest BCUT2D eigenvalue weighted by Crippen LogP contribution is -2.06. The molecule has 150 valence electrons. The van der Waals surface area contributed by atoms with Crippen molar-refractivity contribution in [3.8, 4) is 11.5 Å². The number of hydrogen-bond acceptors (Lipinski definition) is 5. The van der Waals surface area contributed by atoms with Crippen LogP contribution in [0.4, 0.5) is 5.69 Å². The van der Waals surface area contributed by atoms with Crippen molar-refractivity contribution in [2.45, 2.75) is 16.6 Å². The molecule has 0 unspecified atom stereocenters. The van der Waals surface area contributed by atoms with E-state index in [1.165, 1.54) is 0 Å². The van der Waals surface area contributed by atoms with Crippen molar-refractivity contribution in [1.29, 1.82) is 0 Å². The Bertz CT molecular complexity index is 992. The third-order valence-corrected chi connectivity index (χ3v) is 6.38. The fraction of sp³-hybridized carbons (Fsp3) is 0.174. The number of hydrogen-bond donors (Lipinski definition) is 1. The first-order valence-electron chi connectivity index (χ1n) is 9.03. The summed E-state index contributed by atoms with van der Waals surface area (Å²) in [5.41, 5.74) is 8.50. The average Bonchev–Trinajstić information content (AvgIpc) is 2.74. The summed E-state index contributed by atoms with van der Waals surface area (Å²) in [4.78, 5) is 13.9. The molecule has 0 amide bonds. The monoisotopic (exact) mass is 471 g/mol. The van der Waals surface area contributed by atoms with E-state index in [0.29, 0.717) is 29.2 Å². The molecular weight excluding hydrogens is 450 g/mol. The zero-order valence-corrected chi connectivity index (χ0v) is 18.6. The van der Waals surface area contributed by atoms with E-state index in [0.717, 1.165) is 14.9 Å². The number of benzene rings is 3. The number of thioether (sulfide) groups is 1. The van der Waals surface area contributed by atoms with Gasteiger partial charge in [0.05, 0.1) is 14.2 Å². The molecule has 6 heteroatoms. The summed E-state index contributed by atoms with van der Waals surface area (Å²) in [6, 6.07) is 20.8. The van der Waals surface area contributed by atoms with E-state index in [4.69, 9.17) is 15.2 Å². The molecule has 0 fully saturated rings. The fourth-order valence-corrected chi connectivity index (χ4v) is 4.39. The quantitative estimate of drug-likeness (QED) is 0.242. The number of ether oxygens (including phenoxy) is 2. The lowest BCUT2D eigenvalue weighted by Gasteiger charge is -2.19. The summed E-state index contributed by atoms with van der Waals surface area (Å²) < 4.78 is 11.7. The number of rotatable bonds is 8. The Morgan fingerprint density at radius 3 is 2.34 bits per heavy atom. The van der Waals surface area contributed by atoms with E-state index in [1.807, 2.05) is 66.7 Å². The number of carbonyl (C=O) groups excluding carboxylic acids is 1. The number of nitrogen functional groups attached to an aromatic ring is 1. The highest BCUT2D eigenvalue weighted by Crippen LogP contribution is 2.43. The van der Waals surface area contributed by atoms with Gasteiger partial charge in [0.15, 0.2) is 17.3 Å². The number of nitrogens with two attached hydrogens (primary N) is 1. The average molecular weight is 472 g/mol. The molecule has 0 heterocycles. The molecule has 0 saturated carbocycles. The second-order valence-electron chi connectivity index (χ2n) is 6.39. The molecule has 0 spiro atoms. The van der Waals surface area contributed by atoms with Crippen LogP contribution in [-0.2, 0) is 0 Å². The second kappa shape index (κ2) is 9.85. The molecule has 0 radical (unpaired) electrons. The summed E-state index contributed by atoms with van der Waals surface area (Å²) in [5, 5.41) is -0.129. The maximum absolute atomic E-state index is 13.0. The molecule has 3 aromatic rings. The fourth-order valence-electron chi connectivity index (χ4n) is 2.94. The van der Waals surface area contributed by atoms with Crippen molar-refractivity contribution in [3.05, 3.63) is 82.3 Å². The van der Waals surface area contributed by atoms with E-state index in [-0.39, 0.29) is 11.0 Å². The molecule has 3 rings (SSSR count). The number of anilines is 1. The predicted molar refractivity (Wildman–Crippen MR) is 122 cm³/mol. The molecule has 0 aliphatic rings. The lowest BCUT2D eigenvalue weighted by molar-refractivity contribution is 0.0982. The van der Waals surface area contributed by atoms with Crippen LogP contribution in [0.1, 0.15) is 27.6 Å². The molecule has 0 aliphatic heterocycles. The van der Waals surface area contributed by atoms with Gasteiger partial charge in [0.2, 0.25) is 0 Å². The summed E-state index contributed by atoms with van der Waals surface area (Å²) in [6.45, 7) is 0.